The molecule has 2 aromatic rings. The molecule has 0 bridgehead atoms. The molecular formula is C22H24NOY3-. The van der Waals surface area contributed by atoms with E-state index in [1.165, 1.54) is 22.3 Å². The van der Waals surface area contributed by atoms with E-state index in [2.05, 4.69) is 62.6 Å². The van der Waals surface area contributed by atoms with Crippen LogP contribution >= 0.6 is 0 Å². The molecule has 4 rings (SSSR count). The summed E-state index contributed by atoms with van der Waals surface area (Å²) in [5.41, 5.74) is 8.18. The predicted octanol–water partition coefficient (Wildman–Crippen LogP) is 4.50. The molecule has 0 atom stereocenters. The SMILES string of the molecule is Cc1c2n(c(C)[c-]c1=O)C(C)(C)C(C)(C)C1=C2Cc2ccccc21.[Y].[Y].[Y]. The van der Waals surface area contributed by atoms with Crippen molar-refractivity contribution in [1.29, 1.82) is 0 Å². The Morgan fingerprint density at radius 3 is 2.22 bits per heavy atom. The number of hydrogen-bond donors (Lipinski definition) is 0. The quantitative estimate of drug-likeness (QED) is 0.418. The van der Waals surface area contributed by atoms with Gasteiger partial charge < -0.3 is 9.36 Å². The number of nitrogens with zero attached hydrogens (tertiary/aromatic N) is 1. The van der Waals surface area contributed by atoms with Crippen molar-refractivity contribution in [1.82, 2.24) is 4.57 Å². The molecule has 0 unspecified atom stereocenters. The number of aromatic nitrogens is 1. The van der Waals surface area contributed by atoms with Gasteiger partial charge in [0.05, 0.1) is 0 Å². The van der Waals surface area contributed by atoms with Crippen LogP contribution in [-0.4, -0.2) is 4.57 Å². The van der Waals surface area contributed by atoms with Crippen LogP contribution in [0, 0.1) is 25.3 Å². The van der Waals surface area contributed by atoms with E-state index >= 15 is 0 Å². The zero-order valence-corrected chi connectivity index (χ0v) is 25.6. The second-order valence-electron chi connectivity index (χ2n) is 8.22. The minimum atomic E-state index is -0.141. The van der Waals surface area contributed by atoms with Crippen molar-refractivity contribution < 1.29 is 98.1 Å². The molecule has 1 aromatic carbocycles. The summed E-state index contributed by atoms with van der Waals surface area (Å²) in [5, 5.41) is 0. The standard InChI is InChI=1S/C22H24NO.3Y/c1-13-11-18(24)14(2)20-17-12-15-9-7-8-10-16(15)19(17)21(3,4)22(5,6)23(13)20;;;/h7-10H,12H2,1-6H3;;;/q-1;;;. The number of pyridine rings is 1. The third-order valence-corrected chi connectivity index (χ3v) is 6.50. The molecule has 2 heterocycles. The number of allylic oxidation sites excluding steroid dienone is 2. The van der Waals surface area contributed by atoms with Gasteiger partial charge in [-0.2, -0.15) is 6.07 Å². The topological polar surface area (TPSA) is 22.0 Å². The Morgan fingerprint density at radius 1 is 1.00 bits per heavy atom. The molecule has 0 saturated carbocycles. The van der Waals surface area contributed by atoms with Crippen molar-refractivity contribution in [2.45, 2.75) is 53.5 Å². The van der Waals surface area contributed by atoms with Crippen LogP contribution in [0.15, 0.2) is 29.1 Å². The van der Waals surface area contributed by atoms with Gasteiger partial charge in [0.25, 0.3) is 0 Å². The van der Waals surface area contributed by atoms with Gasteiger partial charge in [-0.15, -0.1) is 12.5 Å². The van der Waals surface area contributed by atoms with Gasteiger partial charge in [0.1, 0.15) is 0 Å². The van der Waals surface area contributed by atoms with E-state index in [-0.39, 0.29) is 115 Å². The van der Waals surface area contributed by atoms with Gasteiger partial charge in [0, 0.05) is 115 Å². The summed E-state index contributed by atoms with van der Waals surface area (Å²) in [5.74, 6) is 0. The van der Waals surface area contributed by atoms with Gasteiger partial charge in [0.2, 0.25) is 0 Å². The van der Waals surface area contributed by atoms with Crippen molar-refractivity contribution >= 4 is 11.1 Å². The van der Waals surface area contributed by atoms with Gasteiger partial charge in [-0.25, -0.2) is 0 Å². The van der Waals surface area contributed by atoms with E-state index in [4.69, 9.17) is 0 Å². The molecule has 0 N–H and O–H groups in total. The van der Waals surface area contributed by atoms with Crippen LogP contribution in [0.5, 0.6) is 0 Å². The van der Waals surface area contributed by atoms with E-state index in [0.717, 1.165) is 23.4 Å². The number of aryl methyl sites for hydroxylation is 1. The Kier molecular flexibility index (Phi) is 8.52. The molecule has 27 heavy (non-hydrogen) atoms. The molecule has 133 valence electrons. The summed E-state index contributed by atoms with van der Waals surface area (Å²) in [6, 6.07) is 11.7. The van der Waals surface area contributed by atoms with Crippen molar-refractivity contribution in [2.75, 3.05) is 0 Å². The molecule has 0 spiro atoms. The van der Waals surface area contributed by atoms with Crippen LogP contribution < -0.4 is 5.43 Å². The van der Waals surface area contributed by atoms with Crippen LogP contribution in [-0.2, 0) is 110 Å². The number of fused-ring (bicyclic) bond motifs is 4. The van der Waals surface area contributed by atoms with E-state index in [9.17, 15) is 4.79 Å². The third-order valence-electron chi connectivity index (χ3n) is 6.50. The van der Waals surface area contributed by atoms with Crippen molar-refractivity contribution in [3.63, 3.8) is 0 Å². The molecule has 1 aliphatic carbocycles. The average molecular weight is 585 g/mol. The van der Waals surface area contributed by atoms with E-state index in [0.29, 0.717) is 0 Å². The minimum absolute atomic E-state index is 0. The Bertz CT molecular complexity index is 984. The molecule has 0 saturated heterocycles. The normalized spacial score (nSPS) is 17.6. The fourth-order valence-electron chi connectivity index (χ4n) is 4.68. The molecule has 1 aliphatic heterocycles. The van der Waals surface area contributed by atoms with Crippen LogP contribution in [0.25, 0.3) is 11.1 Å². The van der Waals surface area contributed by atoms with Crippen molar-refractivity contribution in [2.24, 2.45) is 5.41 Å². The van der Waals surface area contributed by atoms with Gasteiger partial charge in [-0.1, -0.05) is 43.8 Å². The Morgan fingerprint density at radius 2 is 1.59 bits per heavy atom. The molecule has 2 aliphatic rings. The molecule has 0 amide bonds. The average Bonchev–Trinajstić information content (AvgIpc) is 2.88. The molecule has 1 aromatic heterocycles. The zero-order valence-electron chi connectivity index (χ0n) is 17.1. The molecule has 2 nitrogen and oxygen atoms in total. The van der Waals surface area contributed by atoms with E-state index < -0.39 is 0 Å². The first kappa shape index (κ1) is 26.3. The Labute approximate surface area is 238 Å². The predicted molar refractivity (Wildman–Crippen MR) is 99.1 cm³/mol. The molecule has 3 radical (unpaired) electrons. The fraction of sp³-hybridized carbons (Fsp3) is 0.409. The Hall–Kier alpha value is 1.22. The maximum atomic E-state index is 12.5. The summed E-state index contributed by atoms with van der Waals surface area (Å²) in [4.78, 5) is 12.5. The van der Waals surface area contributed by atoms with Crippen molar-refractivity contribution in [3.05, 3.63) is 68.6 Å². The summed E-state index contributed by atoms with van der Waals surface area (Å²) in [7, 11) is 0. The van der Waals surface area contributed by atoms with Gasteiger partial charge in [-0.05, 0) is 55.2 Å². The minimum Gasteiger partial charge on any atom is -0.372 e. The fourth-order valence-corrected chi connectivity index (χ4v) is 4.68. The first-order valence-electron chi connectivity index (χ1n) is 8.66. The number of rotatable bonds is 0. The van der Waals surface area contributed by atoms with Crippen LogP contribution in [0.2, 0.25) is 0 Å². The van der Waals surface area contributed by atoms with E-state index in [1.54, 1.807) is 0 Å². The number of hydrogen-bond acceptors (Lipinski definition) is 1. The molecule has 0 fully saturated rings. The Balaban J connectivity index is 0.00000121. The second kappa shape index (κ2) is 8.76. The summed E-state index contributed by atoms with van der Waals surface area (Å²) in [6.45, 7) is 13.2. The summed E-state index contributed by atoms with van der Waals surface area (Å²) in [6.07, 6.45) is 0.911. The van der Waals surface area contributed by atoms with Gasteiger partial charge in [-0.3, -0.25) is 0 Å². The van der Waals surface area contributed by atoms with Crippen molar-refractivity contribution in [3.8, 4) is 0 Å². The number of benzene rings is 1. The maximum Gasteiger partial charge on any atom is 0.0450 e. The maximum absolute atomic E-state index is 12.5. The van der Waals surface area contributed by atoms with E-state index in [1.807, 2.05) is 13.8 Å². The van der Waals surface area contributed by atoms with Crippen LogP contribution in [0.3, 0.4) is 0 Å². The smallest absolute Gasteiger partial charge is 0.0450 e. The first-order chi connectivity index (χ1) is 11.2. The third kappa shape index (κ3) is 3.61. The van der Waals surface area contributed by atoms with Gasteiger partial charge >= 0.3 is 0 Å². The zero-order chi connectivity index (χ0) is 17.4. The van der Waals surface area contributed by atoms with Gasteiger partial charge in [0.15, 0.2) is 0 Å². The monoisotopic (exact) mass is 585 g/mol. The largest absolute Gasteiger partial charge is 0.372 e. The van der Waals surface area contributed by atoms with Crippen LogP contribution in [0.4, 0.5) is 0 Å². The second-order valence-corrected chi connectivity index (χ2v) is 8.22. The molecular weight excluding hydrogens is 561 g/mol. The summed E-state index contributed by atoms with van der Waals surface area (Å²) < 4.78 is 2.36. The molecule has 5 heteroatoms. The van der Waals surface area contributed by atoms with Crippen LogP contribution in [0.1, 0.15) is 55.8 Å². The first-order valence-corrected chi connectivity index (χ1v) is 8.66. The summed E-state index contributed by atoms with van der Waals surface area (Å²) >= 11 is 0.